The summed E-state index contributed by atoms with van der Waals surface area (Å²) in [5.41, 5.74) is 18.3. The lowest BCUT2D eigenvalue weighted by Gasteiger charge is -2.24. The highest BCUT2D eigenvalue weighted by Crippen LogP contribution is 2.43. The van der Waals surface area contributed by atoms with Crippen molar-refractivity contribution in [2.75, 3.05) is 0 Å². The first-order chi connectivity index (χ1) is 23.4. The maximum atomic E-state index is 2.53. The van der Waals surface area contributed by atoms with Gasteiger partial charge in [-0.15, -0.1) is 0 Å². The Hall–Kier alpha value is -6.46. The zero-order valence-electron chi connectivity index (χ0n) is 25.0. The van der Waals surface area contributed by atoms with Gasteiger partial charge in [0.1, 0.15) is 0 Å². The molecule has 0 atom stereocenters. The van der Waals surface area contributed by atoms with Crippen LogP contribution < -0.4 is 0 Å². The molecule has 5 nitrogen and oxygen atoms in total. The van der Waals surface area contributed by atoms with E-state index in [0.29, 0.717) is 0 Å². The van der Waals surface area contributed by atoms with Gasteiger partial charge >= 0.3 is 0 Å². The predicted octanol–water partition coefficient (Wildman–Crippen LogP) is 10.5. The van der Waals surface area contributed by atoms with Gasteiger partial charge < -0.3 is 22.0 Å². The van der Waals surface area contributed by atoms with Crippen LogP contribution in [0.2, 0.25) is 0 Å². The molecular weight excluding hydrogens is 574 g/mol. The third kappa shape index (κ3) is 2.36. The highest BCUT2D eigenvalue weighted by atomic mass is 15.1. The Kier molecular flexibility index (Phi) is 3.66. The van der Waals surface area contributed by atoms with Gasteiger partial charge in [0, 0.05) is 21.5 Å². The Morgan fingerprint density at radius 2 is 0.426 bits per heavy atom. The minimum Gasteiger partial charge on any atom is -0.305 e. The molecule has 0 radical (unpaired) electrons. The summed E-state index contributed by atoms with van der Waals surface area (Å²) >= 11 is 0. The highest BCUT2D eigenvalue weighted by molar-refractivity contribution is 6.21. The largest absolute Gasteiger partial charge is 0.305 e. The van der Waals surface area contributed by atoms with Crippen LogP contribution in [-0.4, -0.2) is 22.0 Å². The Bertz CT molecular complexity index is 3290. The molecule has 216 valence electrons. The van der Waals surface area contributed by atoms with Crippen LogP contribution in [0.25, 0.3) is 104 Å². The molecule has 0 fully saturated rings. The summed E-state index contributed by atoms with van der Waals surface area (Å²) in [6.07, 6.45) is 0. The minimum absolute atomic E-state index is 1.19. The van der Waals surface area contributed by atoms with E-state index in [0.717, 1.165) is 0 Å². The summed E-state index contributed by atoms with van der Waals surface area (Å²) in [6.45, 7) is 0. The summed E-state index contributed by atoms with van der Waals surface area (Å²) in [5.74, 6) is 0. The fourth-order valence-electron chi connectivity index (χ4n) is 9.30. The smallest absolute Gasteiger partial charge is 0.0948 e. The molecule has 0 amide bonds. The third-order valence-electron chi connectivity index (χ3n) is 10.9. The van der Waals surface area contributed by atoms with Crippen molar-refractivity contribution >= 4 is 104 Å². The average molecular weight is 598 g/mol. The second-order valence-corrected chi connectivity index (χ2v) is 13.0. The second kappa shape index (κ2) is 7.49. The zero-order valence-corrected chi connectivity index (χ0v) is 25.0. The molecule has 0 bridgehead atoms. The van der Waals surface area contributed by atoms with E-state index in [9.17, 15) is 0 Å². The minimum atomic E-state index is 1.19. The number of para-hydroxylation sites is 7. The lowest BCUT2D eigenvalue weighted by atomic mass is 10.1. The fourth-order valence-corrected chi connectivity index (χ4v) is 9.30. The van der Waals surface area contributed by atoms with Crippen molar-refractivity contribution in [2.45, 2.75) is 0 Å². The van der Waals surface area contributed by atoms with Crippen LogP contribution in [0.15, 0.2) is 140 Å². The molecular formula is C42H23N5. The first kappa shape index (κ1) is 23.0. The molecule has 0 unspecified atom stereocenters. The number of aromatic nitrogens is 5. The summed E-state index contributed by atoms with van der Waals surface area (Å²) in [7, 11) is 0. The van der Waals surface area contributed by atoms with Crippen LogP contribution in [0, 0.1) is 0 Å². The lowest BCUT2D eigenvalue weighted by Crippen LogP contribution is -2.10. The van der Waals surface area contributed by atoms with Gasteiger partial charge in [-0.1, -0.05) is 78.9 Å². The topological polar surface area (TPSA) is 22.1 Å². The van der Waals surface area contributed by atoms with Crippen molar-refractivity contribution in [2.24, 2.45) is 0 Å². The molecule has 6 heterocycles. The first-order valence-electron chi connectivity index (χ1n) is 16.2. The summed E-state index contributed by atoms with van der Waals surface area (Å²) < 4.78 is 12.6. The van der Waals surface area contributed by atoms with Crippen molar-refractivity contribution in [1.82, 2.24) is 22.0 Å². The van der Waals surface area contributed by atoms with Crippen molar-refractivity contribution in [3.63, 3.8) is 0 Å². The normalized spacial score (nSPS) is 13.1. The molecule has 0 aliphatic heterocycles. The Morgan fingerprint density at radius 3 is 0.787 bits per heavy atom. The predicted molar refractivity (Wildman–Crippen MR) is 195 cm³/mol. The summed E-state index contributed by atoms with van der Waals surface area (Å²) in [4.78, 5) is 0. The van der Waals surface area contributed by atoms with Crippen molar-refractivity contribution < 1.29 is 0 Å². The van der Waals surface area contributed by atoms with Crippen LogP contribution in [-0.2, 0) is 0 Å². The molecule has 5 heteroatoms. The van der Waals surface area contributed by atoms with Crippen LogP contribution >= 0.6 is 0 Å². The molecule has 0 aliphatic rings. The van der Waals surface area contributed by atoms with Gasteiger partial charge in [-0.05, 0) is 60.7 Å². The Labute approximate surface area is 265 Å². The molecule has 13 rings (SSSR count). The highest BCUT2D eigenvalue weighted by Gasteiger charge is 2.24. The number of hydrogen-bond donors (Lipinski definition) is 0. The van der Waals surface area contributed by atoms with Gasteiger partial charge in [0.2, 0.25) is 0 Å². The second-order valence-electron chi connectivity index (χ2n) is 13.0. The maximum absolute atomic E-state index is 2.53. The van der Waals surface area contributed by atoms with Crippen LogP contribution in [0.3, 0.4) is 0 Å². The molecule has 47 heavy (non-hydrogen) atoms. The van der Waals surface area contributed by atoms with Gasteiger partial charge in [-0.3, -0.25) is 0 Å². The van der Waals surface area contributed by atoms with Gasteiger partial charge in [0.25, 0.3) is 0 Å². The monoisotopic (exact) mass is 597 g/mol. The van der Waals surface area contributed by atoms with Crippen molar-refractivity contribution in [3.05, 3.63) is 140 Å². The quantitative estimate of drug-likeness (QED) is 0.123. The van der Waals surface area contributed by atoms with Crippen LogP contribution in [0.4, 0.5) is 0 Å². The van der Waals surface area contributed by atoms with E-state index in [1.54, 1.807) is 0 Å². The van der Waals surface area contributed by atoms with E-state index in [2.05, 4.69) is 162 Å². The molecule has 13 aromatic rings. The third-order valence-corrected chi connectivity index (χ3v) is 10.9. The van der Waals surface area contributed by atoms with E-state index >= 15 is 0 Å². The van der Waals surface area contributed by atoms with E-state index in [1.165, 1.54) is 104 Å². The van der Waals surface area contributed by atoms with E-state index in [1.807, 2.05) is 0 Å². The van der Waals surface area contributed by atoms with Crippen molar-refractivity contribution in [3.8, 4) is 0 Å². The maximum Gasteiger partial charge on any atom is 0.0948 e. The molecule has 0 saturated carbocycles. The van der Waals surface area contributed by atoms with E-state index in [-0.39, 0.29) is 0 Å². The number of fused-ring (bicyclic) bond motifs is 14. The molecule has 0 aliphatic carbocycles. The average Bonchev–Trinajstić information content (AvgIpc) is 3.65. The van der Waals surface area contributed by atoms with Gasteiger partial charge in [-0.2, -0.15) is 0 Å². The number of nitrogens with zero attached hydrogens (tertiary/aromatic N) is 5. The number of hydrogen-bond acceptors (Lipinski definition) is 0. The number of benzene rings is 7. The number of rotatable bonds is 0. The van der Waals surface area contributed by atoms with E-state index < -0.39 is 0 Å². The Balaban J connectivity index is 1.42. The van der Waals surface area contributed by atoms with Crippen LogP contribution in [0.5, 0.6) is 0 Å². The van der Waals surface area contributed by atoms with Gasteiger partial charge in [0.05, 0.1) is 82.8 Å². The first-order valence-corrected chi connectivity index (χ1v) is 16.2. The molecule has 0 N–H and O–H groups in total. The fraction of sp³-hybridized carbons (Fsp3) is 0. The summed E-state index contributed by atoms with van der Waals surface area (Å²) in [6, 6.07) is 51.7. The molecule has 7 aromatic carbocycles. The lowest BCUT2D eigenvalue weighted by molar-refractivity contribution is 1.16. The van der Waals surface area contributed by atoms with Crippen LogP contribution in [0.1, 0.15) is 0 Å². The SMILES string of the molecule is c1ccc2c(c1)c1cccc3c1n2c1cccc2c1n3c1cccc3c1n2c1cccc2c1n3c1cccc3c4ccccc4n2c31. The van der Waals surface area contributed by atoms with E-state index in [4.69, 9.17) is 0 Å². The van der Waals surface area contributed by atoms with Crippen molar-refractivity contribution in [1.29, 1.82) is 0 Å². The standard InChI is InChI=1S/C42H23N5/c1-3-14-28-24(10-1)26-12-5-16-30-38(26)43(28)32-18-7-22-36-40(32)45(30)34-20-9-21-35-42(34)47(36)37-23-8-19-33-41(37)46(35)31-17-6-13-27-25-11-2-4-15-29(25)44(33)39(27)31/h1-23H. The molecule has 0 saturated heterocycles. The summed E-state index contributed by atoms with van der Waals surface area (Å²) in [5, 5.41) is 5.14. The zero-order chi connectivity index (χ0) is 30.1. The van der Waals surface area contributed by atoms with Gasteiger partial charge in [0.15, 0.2) is 0 Å². The van der Waals surface area contributed by atoms with Gasteiger partial charge in [-0.25, -0.2) is 0 Å². The molecule has 6 aromatic heterocycles. The Morgan fingerprint density at radius 1 is 0.191 bits per heavy atom. The molecule has 0 spiro atoms.